The van der Waals surface area contributed by atoms with Crippen molar-refractivity contribution in [1.29, 1.82) is 0 Å². The van der Waals surface area contributed by atoms with Gasteiger partial charge in [0.15, 0.2) is 0 Å². The number of hydrogen-bond donors (Lipinski definition) is 1. The van der Waals surface area contributed by atoms with Crippen molar-refractivity contribution in [2.75, 3.05) is 5.32 Å². The van der Waals surface area contributed by atoms with Crippen LogP contribution in [0.4, 0.5) is 5.82 Å². The Labute approximate surface area is 97.5 Å². The van der Waals surface area contributed by atoms with Gasteiger partial charge in [-0.25, -0.2) is 15.0 Å². The van der Waals surface area contributed by atoms with E-state index in [4.69, 9.17) is 11.6 Å². The summed E-state index contributed by atoms with van der Waals surface area (Å²) in [6.07, 6.45) is 7.36. The molecule has 1 aliphatic rings. The van der Waals surface area contributed by atoms with Gasteiger partial charge in [-0.3, -0.25) is 4.57 Å². The second kappa shape index (κ2) is 3.75. The first kappa shape index (κ1) is 9.59. The van der Waals surface area contributed by atoms with E-state index in [-0.39, 0.29) is 0 Å². The van der Waals surface area contributed by atoms with Crippen LogP contribution in [0, 0.1) is 0 Å². The lowest BCUT2D eigenvalue weighted by Crippen LogP contribution is -2.05. The molecular formula is C10H10ClN5. The summed E-state index contributed by atoms with van der Waals surface area (Å²) in [4.78, 5) is 12.3. The largest absolute Gasteiger partial charge is 0.367 e. The standard InChI is InChI=1S/C10H10ClN5/c11-10-12-3-4-16(10)9-5-8(13-6-14-9)15-7-1-2-7/h3-7H,1-2H2,(H,13,14,15). The number of hydrogen-bond acceptors (Lipinski definition) is 4. The number of nitrogens with one attached hydrogen (secondary N) is 1. The van der Waals surface area contributed by atoms with Crippen molar-refractivity contribution in [3.8, 4) is 5.82 Å². The lowest BCUT2D eigenvalue weighted by molar-refractivity contribution is 0.965. The zero-order valence-electron chi connectivity index (χ0n) is 8.47. The van der Waals surface area contributed by atoms with Crippen LogP contribution in [0.3, 0.4) is 0 Å². The van der Waals surface area contributed by atoms with E-state index in [0.29, 0.717) is 11.3 Å². The van der Waals surface area contributed by atoms with Crippen molar-refractivity contribution in [2.24, 2.45) is 0 Å². The number of anilines is 1. The van der Waals surface area contributed by atoms with Gasteiger partial charge in [0.1, 0.15) is 18.0 Å². The van der Waals surface area contributed by atoms with Gasteiger partial charge >= 0.3 is 0 Å². The van der Waals surface area contributed by atoms with Gasteiger partial charge in [0.25, 0.3) is 0 Å². The maximum atomic E-state index is 5.92. The molecule has 1 aliphatic carbocycles. The minimum Gasteiger partial charge on any atom is -0.367 e. The monoisotopic (exact) mass is 235 g/mol. The molecule has 3 rings (SSSR count). The molecule has 0 saturated heterocycles. The maximum Gasteiger partial charge on any atom is 0.208 e. The lowest BCUT2D eigenvalue weighted by atomic mass is 10.5. The summed E-state index contributed by atoms with van der Waals surface area (Å²) >= 11 is 5.92. The Morgan fingerprint density at radius 2 is 2.19 bits per heavy atom. The highest BCUT2D eigenvalue weighted by Gasteiger charge is 2.21. The molecule has 0 unspecified atom stereocenters. The van der Waals surface area contributed by atoms with Gasteiger partial charge in [-0.05, 0) is 24.4 Å². The number of rotatable bonds is 3. The van der Waals surface area contributed by atoms with Gasteiger partial charge in [0.05, 0.1) is 0 Å². The van der Waals surface area contributed by atoms with E-state index in [1.165, 1.54) is 19.2 Å². The van der Waals surface area contributed by atoms with Crippen LogP contribution in [0.25, 0.3) is 5.82 Å². The van der Waals surface area contributed by atoms with E-state index < -0.39 is 0 Å². The van der Waals surface area contributed by atoms with E-state index in [2.05, 4.69) is 20.3 Å². The molecule has 0 amide bonds. The van der Waals surface area contributed by atoms with E-state index in [9.17, 15) is 0 Å². The topological polar surface area (TPSA) is 55.6 Å². The van der Waals surface area contributed by atoms with Crippen LogP contribution in [-0.4, -0.2) is 25.6 Å². The smallest absolute Gasteiger partial charge is 0.208 e. The summed E-state index contributed by atoms with van der Waals surface area (Å²) in [5.41, 5.74) is 0. The second-order valence-electron chi connectivity index (χ2n) is 3.75. The van der Waals surface area contributed by atoms with Crippen LogP contribution in [0.2, 0.25) is 5.28 Å². The average Bonchev–Trinajstić information content (AvgIpc) is 2.99. The molecule has 0 aliphatic heterocycles. The zero-order chi connectivity index (χ0) is 11.0. The number of aromatic nitrogens is 4. The fourth-order valence-corrected chi connectivity index (χ4v) is 1.65. The van der Waals surface area contributed by atoms with Crippen molar-refractivity contribution >= 4 is 17.4 Å². The van der Waals surface area contributed by atoms with Crippen LogP contribution in [-0.2, 0) is 0 Å². The highest BCUT2D eigenvalue weighted by Crippen LogP contribution is 2.24. The van der Waals surface area contributed by atoms with Crippen LogP contribution < -0.4 is 5.32 Å². The van der Waals surface area contributed by atoms with Crippen molar-refractivity contribution in [3.05, 3.63) is 30.1 Å². The molecular weight excluding hydrogens is 226 g/mol. The molecule has 2 aromatic heterocycles. The van der Waals surface area contributed by atoms with Gasteiger partial charge in [-0.2, -0.15) is 0 Å². The highest BCUT2D eigenvalue weighted by molar-refractivity contribution is 6.28. The van der Waals surface area contributed by atoms with Crippen LogP contribution in [0.5, 0.6) is 0 Å². The molecule has 0 bridgehead atoms. The van der Waals surface area contributed by atoms with Crippen LogP contribution >= 0.6 is 11.6 Å². The van der Waals surface area contributed by atoms with Gasteiger partial charge in [0.2, 0.25) is 5.28 Å². The Hall–Kier alpha value is -1.62. The first-order chi connectivity index (χ1) is 7.83. The van der Waals surface area contributed by atoms with Crippen LogP contribution in [0.15, 0.2) is 24.8 Å². The van der Waals surface area contributed by atoms with Crippen molar-refractivity contribution in [2.45, 2.75) is 18.9 Å². The molecule has 5 nitrogen and oxygen atoms in total. The molecule has 2 aromatic rings. The molecule has 0 aromatic carbocycles. The minimum atomic E-state index is 0.399. The number of imidazole rings is 1. The summed E-state index contributed by atoms with van der Waals surface area (Å²) in [5, 5.41) is 3.71. The van der Waals surface area contributed by atoms with E-state index in [1.807, 2.05) is 6.07 Å². The highest BCUT2D eigenvalue weighted by atomic mass is 35.5. The fourth-order valence-electron chi connectivity index (χ4n) is 1.45. The molecule has 1 fully saturated rings. The van der Waals surface area contributed by atoms with Gasteiger partial charge in [0, 0.05) is 24.5 Å². The third-order valence-electron chi connectivity index (χ3n) is 2.42. The number of halogens is 1. The minimum absolute atomic E-state index is 0.399. The Bertz CT molecular complexity index is 505. The molecule has 0 atom stereocenters. The first-order valence-electron chi connectivity index (χ1n) is 5.11. The molecule has 82 valence electrons. The SMILES string of the molecule is Clc1nccn1-c1cc(NC2CC2)ncn1. The Morgan fingerprint density at radius 1 is 1.31 bits per heavy atom. The summed E-state index contributed by atoms with van der Waals surface area (Å²) in [7, 11) is 0. The third-order valence-corrected chi connectivity index (χ3v) is 2.70. The van der Waals surface area contributed by atoms with Gasteiger partial charge < -0.3 is 5.32 Å². The summed E-state index contributed by atoms with van der Waals surface area (Å²) in [5.74, 6) is 1.55. The molecule has 1 saturated carbocycles. The van der Waals surface area contributed by atoms with E-state index in [0.717, 1.165) is 11.6 Å². The van der Waals surface area contributed by atoms with Gasteiger partial charge in [-0.1, -0.05) is 0 Å². The Balaban J connectivity index is 1.92. The van der Waals surface area contributed by atoms with E-state index in [1.54, 1.807) is 17.0 Å². The third kappa shape index (κ3) is 1.86. The number of nitrogens with zero attached hydrogens (tertiary/aromatic N) is 4. The maximum absolute atomic E-state index is 5.92. The Morgan fingerprint density at radius 3 is 2.88 bits per heavy atom. The zero-order valence-corrected chi connectivity index (χ0v) is 9.22. The Kier molecular flexibility index (Phi) is 2.25. The first-order valence-corrected chi connectivity index (χ1v) is 5.48. The van der Waals surface area contributed by atoms with Crippen molar-refractivity contribution in [1.82, 2.24) is 19.5 Å². The molecule has 6 heteroatoms. The van der Waals surface area contributed by atoms with Gasteiger partial charge in [-0.15, -0.1) is 0 Å². The normalized spacial score (nSPS) is 15.1. The quantitative estimate of drug-likeness (QED) is 0.883. The molecule has 16 heavy (non-hydrogen) atoms. The molecule has 1 N–H and O–H groups in total. The predicted octanol–water partition coefficient (Wildman–Crippen LogP) is 1.89. The lowest BCUT2D eigenvalue weighted by Gasteiger charge is -2.06. The molecule has 0 spiro atoms. The second-order valence-corrected chi connectivity index (χ2v) is 4.08. The molecule has 0 radical (unpaired) electrons. The summed E-state index contributed by atoms with van der Waals surface area (Å²) in [6, 6.07) is 2.44. The van der Waals surface area contributed by atoms with Crippen molar-refractivity contribution < 1.29 is 0 Å². The average molecular weight is 236 g/mol. The van der Waals surface area contributed by atoms with Crippen molar-refractivity contribution in [3.63, 3.8) is 0 Å². The molecule has 2 heterocycles. The summed E-state index contributed by atoms with van der Waals surface area (Å²) < 4.78 is 1.71. The summed E-state index contributed by atoms with van der Waals surface area (Å²) in [6.45, 7) is 0. The predicted molar refractivity (Wildman–Crippen MR) is 60.8 cm³/mol. The fraction of sp³-hybridized carbons (Fsp3) is 0.300. The van der Waals surface area contributed by atoms with Crippen LogP contribution in [0.1, 0.15) is 12.8 Å². The van der Waals surface area contributed by atoms with E-state index >= 15 is 0 Å².